The van der Waals surface area contributed by atoms with Crippen molar-refractivity contribution in [2.24, 2.45) is 0 Å². The summed E-state index contributed by atoms with van der Waals surface area (Å²) in [6.07, 6.45) is 0. The highest BCUT2D eigenvalue weighted by atomic mass is 32.2. The number of carboxylic acid groups (broad SMARTS) is 1. The molecule has 1 unspecified atom stereocenters. The molecule has 1 rings (SSSR count). The number of carbonyl (C=O) groups is 3. The number of rotatable bonds is 2. The van der Waals surface area contributed by atoms with Gasteiger partial charge in [0.25, 0.3) is 5.91 Å². The van der Waals surface area contributed by atoms with Crippen molar-refractivity contribution in [1.82, 2.24) is 10.2 Å². The molecule has 0 saturated carbocycles. The molecule has 2 N–H and O–H groups in total. The van der Waals surface area contributed by atoms with Crippen LogP contribution in [0.15, 0.2) is 11.1 Å². The summed E-state index contributed by atoms with van der Waals surface area (Å²) in [7, 11) is 0. The minimum Gasteiger partial charge on any atom is -0.478 e. The first-order valence-electron chi connectivity index (χ1n) is 5.95. The zero-order valence-electron chi connectivity index (χ0n) is 11.2. The molecule has 1 heterocycles. The molecular formula is C12H18N2O4S. The van der Waals surface area contributed by atoms with Crippen LogP contribution in [0.3, 0.4) is 0 Å². The SMILES string of the molecule is CC(C(=O)O)=C(C)C(=O)NC(=O)N1CCSCC1C. The van der Waals surface area contributed by atoms with Gasteiger partial charge in [-0.05, 0) is 20.8 Å². The van der Waals surface area contributed by atoms with Gasteiger partial charge in [-0.3, -0.25) is 10.1 Å². The normalized spacial score (nSPS) is 20.6. The number of nitrogens with one attached hydrogen (secondary N) is 1. The van der Waals surface area contributed by atoms with Crippen LogP contribution >= 0.6 is 11.8 Å². The Bertz CT molecular complexity index is 433. The molecule has 1 fully saturated rings. The van der Waals surface area contributed by atoms with Crippen molar-refractivity contribution in [3.8, 4) is 0 Å². The lowest BCUT2D eigenvalue weighted by Crippen LogP contribution is -2.51. The Hall–Kier alpha value is -1.50. The lowest BCUT2D eigenvalue weighted by atomic mass is 10.1. The summed E-state index contributed by atoms with van der Waals surface area (Å²) in [5, 5.41) is 11.0. The molecule has 1 saturated heterocycles. The summed E-state index contributed by atoms with van der Waals surface area (Å²) in [5.41, 5.74) is -0.0209. The van der Waals surface area contributed by atoms with Crippen molar-refractivity contribution in [2.75, 3.05) is 18.1 Å². The maximum Gasteiger partial charge on any atom is 0.331 e. The number of urea groups is 1. The van der Waals surface area contributed by atoms with Gasteiger partial charge in [0, 0.05) is 35.2 Å². The molecule has 1 atom stereocenters. The summed E-state index contributed by atoms with van der Waals surface area (Å²) < 4.78 is 0. The maximum absolute atomic E-state index is 11.9. The third-order valence-corrected chi connectivity index (χ3v) is 4.26. The molecule has 19 heavy (non-hydrogen) atoms. The van der Waals surface area contributed by atoms with Crippen molar-refractivity contribution in [1.29, 1.82) is 0 Å². The Morgan fingerprint density at radius 3 is 2.42 bits per heavy atom. The van der Waals surface area contributed by atoms with Gasteiger partial charge in [0.2, 0.25) is 0 Å². The van der Waals surface area contributed by atoms with Gasteiger partial charge in [-0.25, -0.2) is 9.59 Å². The van der Waals surface area contributed by atoms with Crippen LogP contribution in [-0.4, -0.2) is 52.0 Å². The van der Waals surface area contributed by atoms with E-state index < -0.39 is 17.9 Å². The van der Waals surface area contributed by atoms with E-state index in [9.17, 15) is 14.4 Å². The van der Waals surface area contributed by atoms with Crippen LogP contribution in [0.5, 0.6) is 0 Å². The monoisotopic (exact) mass is 286 g/mol. The molecule has 0 aliphatic carbocycles. The standard InChI is InChI=1S/C12H18N2O4S/c1-7-6-19-5-4-14(7)12(18)13-10(15)8(2)9(3)11(16)17/h7H,4-6H2,1-3H3,(H,16,17)(H,13,15,18). The van der Waals surface area contributed by atoms with E-state index in [0.717, 1.165) is 11.5 Å². The van der Waals surface area contributed by atoms with E-state index in [-0.39, 0.29) is 17.2 Å². The average molecular weight is 286 g/mol. The van der Waals surface area contributed by atoms with Gasteiger partial charge in [0.05, 0.1) is 0 Å². The molecule has 7 heteroatoms. The Labute approximate surface area is 116 Å². The number of amides is 3. The van der Waals surface area contributed by atoms with E-state index in [1.807, 2.05) is 6.92 Å². The van der Waals surface area contributed by atoms with E-state index >= 15 is 0 Å². The third kappa shape index (κ3) is 3.99. The highest BCUT2D eigenvalue weighted by Gasteiger charge is 2.25. The number of carbonyl (C=O) groups excluding carboxylic acids is 2. The van der Waals surface area contributed by atoms with Crippen molar-refractivity contribution in [3.63, 3.8) is 0 Å². The minimum atomic E-state index is -1.16. The zero-order valence-corrected chi connectivity index (χ0v) is 12.0. The van der Waals surface area contributed by atoms with E-state index in [2.05, 4.69) is 5.32 Å². The minimum absolute atomic E-state index is 0.0416. The number of nitrogens with zero attached hydrogens (tertiary/aromatic N) is 1. The van der Waals surface area contributed by atoms with Gasteiger partial charge >= 0.3 is 12.0 Å². The quantitative estimate of drug-likeness (QED) is 0.742. The first kappa shape index (κ1) is 15.6. The Kier molecular flexibility index (Phi) is 5.41. The second-order valence-electron chi connectivity index (χ2n) is 4.43. The molecule has 3 amide bonds. The number of carboxylic acids is 1. The molecule has 106 valence electrons. The van der Waals surface area contributed by atoms with Crippen molar-refractivity contribution in [2.45, 2.75) is 26.8 Å². The van der Waals surface area contributed by atoms with Crippen LogP contribution in [0.4, 0.5) is 4.79 Å². The molecular weight excluding hydrogens is 268 g/mol. The predicted molar refractivity (Wildman–Crippen MR) is 73.0 cm³/mol. The summed E-state index contributed by atoms with van der Waals surface area (Å²) in [6, 6.07) is -0.397. The fourth-order valence-corrected chi connectivity index (χ4v) is 2.64. The van der Waals surface area contributed by atoms with Gasteiger partial charge in [0.1, 0.15) is 0 Å². The van der Waals surface area contributed by atoms with Crippen LogP contribution in [0.25, 0.3) is 0 Å². The summed E-state index contributed by atoms with van der Waals surface area (Å²) in [5.74, 6) is -0.141. The molecule has 0 aromatic carbocycles. The average Bonchev–Trinajstić information content (AvgIpc) is 2.37. The molecule has 0 spiro atoms. The molecule has 0 aromatic rings. The topological polar surface area (TPSA) is 86.7 Å². The fraction of sp³-hybridized carbons (Fsp3) is 0.583. The van der Waals surface area contributed by atoms with Crippen LogP contribution in [0, 0.1) is 0 Å². The number of imide groups is 1. The predicted octanol–water partition coefficient (Wildman–Crippen LogP) is 1.08. The fourth-order valence-electron chi connectivity index (χ4n) is 1.62. The van der Waals surface area contributed by atoms with E-state index in [0.29, 0.717) is 6.54 Å². The molecule has 1 aliphatic rings. The summed E-state index contributed by atoms with van der Waals surface area (Å²) in [6.45, 7) is 5.23. The highest BCUT2D eigenvalue weighted by Crippen LogP contribution is 2.16. The molecule has 6 nitrogen and oxygen atoms in total. The third-order valence-electron chi connectivity index (χ3n) is 3.07. The van der Waals surface area contributed by atoms with Crippen LogP contribution in [0.1, 0.15) is 20.8 Å². The van der Waals surface area contributed by atoms with Gasteiger partial charge in [-0.2, -0.15) is 11.8 Å². The first-order valence-corrected chi connectivity index (χ1v) is 7.10. The van der Waals surface area contributed by atoms with Crippen LogP contribution in [0.2, 0.25) is 0 Å². The number of aliphatic carboxylic acids is 1. The smallest absolute Gasteiger partial charge is 0.331 e. The Morgan fingerprint density at radius 1 is 1.26 bits per heavy atom. The Morgan fingerprint density at radius 2 is 1.89 bits per heavy atom. The molecule has 1 aliphatic heterocycles. The largest absolute Gasteiger partial charge is 0.478 e. The number of thioether (sulfide) groups is 1. The van der Waals surface area contributed by atoms with E-state index in [4.69, 9.17) is 5.11 Å². The van der Waals surface area contributed by atoms with Crippen LogP contribution in [-0.2, 0) is 9.59 Å². The van der Waals surface area contributed by atoms with E-state index in [1.165, 1.54) is 13.8 Å². The van der Waals surface area contributed by atoms with Gasteiger partial charge in [-0.1, -0.05) is 0 Å². The lowest BCUT2D eigenvalue weighted by molar-refractivity contribution is -0.133. The summed E-state index contributed by atoms with van der Waals surface area (Å²) in [4.78, 5) is 36.0. The summed E-state index contributed by atoms with van der Waals surface area (Å²) >= 11 is 1.76. The zero-order chi connectivity index (χ0) is 14.6. The van der Waals surface area contributed by atoms with Crippen LogP contribution < -0.4 is 5.32 Å². The second kappa shape index (κ2) is 6.60. The van der Waals surface area contributed by atoms with E-state index in [1.54, 1.807) is 16.7 Å². The van der Waals surface area contributed by atoms with Crippen molar-refractivity contribution >= 4 is 29.7 Å². The maximum atomic E-state index is 11.9. The lowest BCUT2D eigenvalue weighted by Gasteiger charge is -2.32. The molecule has 0 aromatic heterocycles. The first-order chi connectivity index (χ1) is 8.84. The van der Waals surface area contributed by atoms with Gasteiger partial charge in [0.15, 0.2) is 0 Å². The molecule has 0 radical (unpaired) electrons. The number of hydrogen-bond acceptors (Lipinski definition) is 4. The Balaban J connectivity index is 2.69. The van der Waals surface area contributed by atoms with Crippen molar-refractivity contribution in [3.05, 3.63) is 11.1 Å². The van der Waals surface area contributed by atoms with Gasteiger partial charge in [-0.15, -0.1) is 0 Å². The van der Waals surface area contributed by atoms with Crippen molar-refractivity contribution < 1.29 is 19.5 Å². The highest BCUT2D eigenvalue weighted by molar-refractivity contribution is 7.99. The second-order valence-corrected chi connectivity index (χ2v) is 5.58. The molecule has 0 bridgehead atoms. The van der Waals surface area contributed by atoms with Gasteiger partial charge < -0.3 is 10.0 Å². The number of hydrogen-bond donors (Lipinski definition) is 2.